The van der Waals surface area contributed by atoms with Crippen LogP contribution >= 0.6 is 10.5 Å². The second kappa shape index (κ2) is 7.01. The minimum atomic E-state index is -0.309. The van der Waals surface area contributed by atoms with Gasteiger partial charge in [0.2, 0.25) is 0 Å². The second-order valence-electron chi connectivity index (χ2n) is 3.33. The first-order valence-electron chi connectivity index (χ1n) is 4.98. The van der Waals surface area contributed by atoms with Crippen molar-refractivity contribution in [3.63, 3.8) is 0 Å². The Labute approximate surface area is 98.9 Å². The molecule has 0 fully saturated rings. The molecule has 1 aromatic carbocycles. The van der Waals surface area contributed by atoms with Crippen molar-refractivity contribution in [2.75, 3.05) is 12.9 Å². The van der Waals surface area contributed by atoms with Crippen molar-refractivity contribution < 1.29 is 9.53 Å². The molecule has 0 saturated carbocycles. The van der Waals surface area contributed by atoms with Crippen molar-refractivity contribution in [1.82, 2.24) is 0 Å². The smallest absolute Gasteiger partial charge is 0.330 e. The maximum Gasteiger partial charge on any atom is 0.330 e. The Bertz CT molecular complexity index is 382. The molecule has 0 spiro atoms. The molecule has 1 atom stereocenters. The molecule has 0 radical (unpaired) electrons. The van der Waals surface area contributed by atoms with E-state index >= 15 is 0 Å². The lowest BCUT2D eigenvalue weighted by molar-refractivity contribution is -0.134. The zero-order chi connectivity index (χ0) is 11.8. The van der Waals surface area contributed by atoms with Gasteiger partial charge in [0, 0.05) is 17.6 Å². The van der Waals surface area contributed by atoms with Crippen LogP contribution in [0.15, 0.2) is 42.5 Å². The van der Waals surface area contributed by atoms with Crippen LogP contribution in [0.25, 0.3) is 0 Å². The molecule has 1 aromatic rings. The molecular weight excluding hydrogens is 220 g/mol. The highest BCUT2D eigenvalue weighted by Crippen LogP contribution is 2.17. The lowest BCUT2D eigenvalue weighted by atomic mass is 10.2. The van der Waals surface area contributed by atoms with Crippen molar-refractivity contribution in [3.05, 3.63) is 48.0 Å². The Balaban J connectivity index is 2.37. The lowest BCUT2D eigenvalue weighted by Crippen LogP contribution is -1.94. The fourth-order valence-corrected chi connectivity index (χ4v) is 2.37. The Morgan fingerprint density at radius 3 is 2.75 bits per heavy atom. The van der Waals surface area contributed by atoms with E-state index in [9.17, 15) is 4.79 Å². The number of esters is 1. The molecule has 3 heteroatoms. The summed E-state index contributed by atoms with van der Waals surface area (Å²) in [5.41, 5.74) is 1.28. The molecule has 0 aliphatic rings. The van der Waals surface area contributed by atoms with Crippen molar-refractivity contribution in [2.24, 2.45) is 0 Å². The Morgan fingerprint density at radius 1 is 1.44 bits per heavy atom. The summed E-state index contributed by atoms with van der Waals surface area (Å²) >= 11 is 0. The van der Waals surface area contributed by atoms with Gasteiger partial charge in [-0.15, -0.1) is 0 Å². The number of carbonyl (C=O) groups is 1. The highest BCUT2D eigenvalue weighted by Gasteiger charge is 1.94. The quantitative estimate of drug-likeness (QED) is 0.446. The number of ether oxygens (including phenoxy) is 1. The molecule has 0 N–H and O–H groups in total. The van der Waals surface area contributed by atoms with Crippen LogP contribution in [0.3, 0.4) is 0 Å². The van der Waals surface area contributed by atoms with Gasteiger partial charge in [0.1, 0.15) is 0 Å². The first kappa shape index (κ1) is 12.7. The molecule has 16 heavy (non-hydrogen) atoms. The molecule has 0 saturated heterocycles. The highest BCUT2D eigenvalue weighted by atomic mass is 32.2. The van der Waals surface area contributed by atoms with Crippen LogP contribution in [0.2, 0.25) is 0 Å². The normalized spacial score (nSPS) is 12.6. The van der Waals surface area contributed by atoms with Crippen molar-refractivity contribution in [2.45, 2.75) is 5.75 Å². The van der Waals surface area contributed by atoms with Crippen LogP contribution in [0.1, 0.15) is 5.56 Å². The van der Waals surface area contributed by atoms with Gasteiger partial charge in [0.15, 0.2) is 0 Å². The summed E-state index contributed by atoms with van der Waals surface area (Å²) in [6.45, 7) is 0. The van der Waals surface area contributed by atoms with E-state index < -0.39 is 0 Å². The van der Waals surface area contributed by atoms with E-state index in [4.69, 9.17) is 0 Å². The SMILES string of the molecule is C=S(C/C=C/C(=O)OC)Cc1ccccc1. The largest absolute Gasteiger partial charge is 0.466 e. The van der Waals surface area contributed by atoms with Crippen LogP contribution < -0.4 is 0 Å². The average molecular weight is 236 g/mol. The molecule has 0 bridgehead atoms. The van der Waals surface area contributed by atoms with Gasteiger partial charge in [-0.25, -0.2) is 4.79 Å². The van der Waals surface area contributed by atoms with Gasteiger partial charge in [-0.3, -0.25) is 0 Å². The summed E-state index contributed by atoms with van der Waals surface area (Å²) in [7, 11) is 1.39. The van der Waals surface area contributed by atoms with Crippen LogP contribution in [0, 0.1) is 0 Å². The monoisotopic (exact) mass is 236 g/mol. The molecule has 0 amide bonds. The van der Waals surface area contributed by atoms with E-state index in [0.29, 0.717) is 0 Å². The van der Waals surface area contributed by atoms with Crippen LogP contribution in [0.4, 0.5) is 0 Å². The van der Waals surface area contributed by atoms with E-state index in [2.05, 4.69) is 22.7 Å². The van der Waals surface area contributed by atoms with E-state index in [0.717, 1.165) is 11.5 Å². The van der Waals surface area contributed by atoms with E-state index in [1.165, 1.54) is 18.7 Å². The minimum absolute atomic E-state index is 0.0160. The zero-order valence-corrected chi connectivity index (χ0v) is 10.2. The molecule has 86 valence electrons. The van der Waals surface area contributed by atoms with E-state index in [1.54, 1.807) is 0 Å². The predicted molar refractivity (Wildman–Crippen MR) is 70.9 cm³/mol. The number of benzene rings is 1. The van der Waals surface area contributed by atoms with Gasteiger partial charge < -0.3 is 4.74 Å². The molecule has 0 aromatic heterocycles. The number of methoxy groups -OCH3 is 1. The molecule has 1 unspecified atom stereocenters. The van der Waals surface area contributed by atoms with Gasteiger partial charge in [-0.05, 0) is 5.56 Å². The molecule has 0 heterocycles. The standard InChI is InChI=1S/C13H16O2S/c1-15-13(14)9-6-10-16(2)11-12-7-4-3-5-8-12/h3-9H,2,10-11H2,1H3/b9-6+. The maximum atomic E-state index is 10.8. The van der Waals surface area contributed by atoms with Crippen molar-refractivity contribution >= 4 is 22.3 Å². The first-order valence-corrected chi connectivity index (χ1v) is 6.71. The fourth-order valence-electron chi connectivity index (χ4n) is 1.22. The van der Waals surface area contributed by atoms with Crippen LogP contribution in [-0.4, -0.2) is 24.7 Å². The predicted octanol–water partition coefficient (Wildman–Crippen LogP) is 2.62. The topological polar surface area (TPSA) is 26.3 Å². The van der Waals surface area contributed by atoms with E-state index in [-0.39, 0.29) is 16.5 Å². The average Bonchev–Trinajstić information content (AvgIpc) is 2.30. The first-order chi connectivity index (χ1) is 7.72. The maximum absolute atomic E-state index is 10.8. The molecule has 2 nitrogen and oxygen atoms in total. The second-order valence-corrected chi connectivity index (χ2v) is 5.18. The lowest BCUT2D eigenvalue weighted by Gasteiger charge is -2.04. The number of hydrogen-bond acceptors (Lipinski definition) is 2. The summed E-state index contributed by atoms with van der Waals surface area (Å²) < 4.78 is 4.51. The van der Waals surface area contributed by atoms with Gasteiger partial charge >= 0.3 is 5.97 Å². The van der Waals surface area contributed by atoms with Crippen molar-refractivity contribution in [3.8, 4) is 0 Å². The third-order valence-corrected chi connectivity index (χ3v) is 3.41. The summed E-state index contributed by atoms with van der Waals surface area (Å²) in [5.74, 6) is 5.53. The Morgan fingerprint density at radius 2 is 2.12 bits per heavy atom. The zero-order valence-electron chi connectivity index (χ0n) is 9.39. The Kier molecular flexibility index (Phi) is 5.57. The third kappa shape index (κ3) is 4.94. The van der Waals surface area contributed by atoms with Crippen LogP contribution in [-0.2, 0) is 15.3 Å². The molecule has 1 rings (SSSR count). The van der Waals surface area contributed by atoms with Gasteiger partial charge in [0.25, 0.3) is 0 Å². The number of hydrogen-bond donors (Lipinski definition) is 0. The summed E-state index contributed by atoms with van der Waals surface area (Å²) in [5, 5.41) is 0. The summed E-state index contributed by atoms with van der Waals surface area (Å²) in [6.07, 6.45) is 3.28. The van der Waals surface area contributed by atoms with Gasteiger partial charge in [-0.1, -0.05) is 42.3 Å². The summed E-state index contributed by atoms with van der Waals surface area (Å²) in [4.78, 5) is 10.8. The summed E-state index contributed by atoms with van der Waals surface area (Å²) in [6, 6.07) is 10.2. The molecule has 0 aliphatic carbocycles. The van der Waals surface area contributed by atoms with Crippen LogP contribution in [0.5, 0.6) is 0 Å². The van der Waals surface area contributed by atoms with Crippen molar-refractivity contribution in [1.29, 1.82) is 0 Å². The Hall–Kier alpha value is -1.35. The molecular formula is C13H16O2S. The third-order valence-electron chi connectivity index (χ3n) is 2.00. The highest BCUT2D eigenvalue weighted by molar-refractivity contribution is 8.13. The van der Waals surface area contributed by atoms with E-state index in [1.807, 2.05) is 24.3 Å². The fraction of sp³-hybridized carbons (Fsp3) is 0.231. The minimum Gasteiger partial charge on any atom is -0.466 e. The number of carbonyl (C=O) groups excluding carboxylic acids is 1. The van der Waals surface area contributed by atoms with Gasteiger partial charge in [-0.2, -0.15) is 10.5 Å². The molecule has 0 aliphatic heterocycles. The van der Waals surface area contributed by atoms with Gasteiger partial charge in [0.05, 0.1) is 7.11 Å². The number of rotatable bonds is 5.